The van der Waals surface area contributed by atoms with Crippen LogP contribution in [-0.4, -0.2) is 65.0 Å². The highest BCUT2D eigenvalue weighted by atomic mass is 32.2. The number of benzene rings is 1. The van der Waals surface area contributed by atoms with E-state index < -0.39 is 27.6 Å². The molecule has 0 aliphatic carbocycles. The zero-order valence-electron chi connectivity index (χ0n) is 21.1. The normalized spacial score (nSPS) is 16.7. The van der Waals surface area contributed by atoms with Crippen molar-refractivity contribution in [3.8, 4) is 0 Å². The molecule has 11 heteroatoms. The van der Waals surface area contributed by atoms with E-state index in [1.165, 1.54) is 17.3 Å². The predicted octanol–water partition coefficient (Wildman–Crippen LogP) is 3.59. The van der Waals surface area contributed by atoms with Crippen molar-refractivity contribution in [2.75, 3.05) is 25.0 Å². The SMILES string of the molecule is Cc1ccc(S(=O)(=O)n2ccc3nc(N(C)C(=O)[C@@H]4CCCN(C(=O)OC(C)(C)C)C4)cnc32)cc1. The number of likely N-dealkylation sites (tertiary alicyclic amines) is 1. The van der Waals surface area contributed by atoms with Gasteiger partial charge < -0.3 is 9.64 Å². The third-order valence-electron chi connectivity index (χ3n) is 6.02. The van der Waals surface area contributed by atoms with Crippen molar-refractivity contribution < 1.29 is 22.7 Å². The maximum atomic E-state index is 13.2. The average molecular weight is 514 g/mol. The Morgan fingerprint density at radius 1 is 1.14 bits per heavy atom. The molecule has 36 heavy (non-hydrogen) atoms. The number of nitrogens with zero attached hydrogens (tertiary/aromatic N) is 5. The molecule has 0 unspecified atom stereocenters. The number of anilines is 1. The standard InChI is InChI=1S/C25H31N5O5S/c1-17-8-10-19(11-9-17)36(33,34)30-14-12-20-22(30)26-15-21(27-20)28(5)23(31)18-7-6-13-29(16-18)24(32)35-25(2,3)4/h8-12,14-15,18H,6-7,13,16H2,1-5H3/t18-/m1/s1. The molecule has 0 saturated carbocycles. The van der Waals surface area contributed by atoms with Crippen molar-refractivity contribution in [1.82, 2.24) is 18.8 Å². The molecule has 1 atom stereocenters. The van der Waals surface area contributed by atoms with Crippen LogP contribution in [0.2, 0.25) is 0 Å². The number of rotatable bonds is 4. The van der Waals surface area contributed by atoms with Crippen molar-refractivity contribution in [3.05, 3.63) is 48.3 Å². The Morgan fingerprint density at radius 2 is 1.83 bits per heavy atom. The number of amides is 2. The molecule has 1 fully saturated rings. The molecule has 1 aliphatic heterocycles. The van der Waals surface area contributed by atoms with Gasteiger partial charge in [0, 0.05) is 26.3 Å². The smallest absolute Gasteiger partial charge is 0.410 e. The monoisotopic (exact) mass is 513 g/mol. The fraction of sp³-hybridized carbons (Fsp3) is 0.440. The molecule has 0 spiro atoms. The molecule has 192 valence electrons. The van der Waals surface area contributed by atoms with E-state index in [0.717, 1.165) is 9.54 Å². The second-order valence-electron chi connectivity index (χ2n) is 10.0. The lowest BCUT2D eigenvalue weighted by Gasteiger charge is -2.34. The molecule has 1 aliphatic rings. The number of ether oxygens (including phenoxy) is 1. The summed E-state index contributed by atoms with van der Waals surface area (Å²) in [6.45, 7) is 8.10. The quantitative estimate of drug-likeness (QED) is 0.524. The van der Waals surface area contributed by atoms with Crippen LogP contribution >= 0.6 is 0 Å². The minimum atomic E-state index is -3.85. The van der Waals surface area contributed by atoms with Crippen LogP contribution in [-0.2, 0) is 19.6 Å². The average Bonchev–Trinajstić information content (AvgIpc) is 3.26. The summed E-state index contributed by atoms with van der Waals surface area (Å²) in [6, 6.07) is 8.13. The van der Waals surface area contributed by atoms with Crippen LogP contribution in [0.1, 0.15) is 39.2 Å². The topological polar surface area (TPSA) is 115 Å². The Hall–Kier alpha value is -3.47. The molecule has 1 aromatic carbocycles. The first-order valence-electron chi connectivity index (χ1n) is 11.8. The van der Waals surface area contributed by atoms with Crippen LogP contribution in [0.15, 0.2) is 47.6 Å². The third-order valence-corrected chi connectivity index (χ3v) is 7.70. The van der Waals surface area contributed by atoms with E-state index >= 15 is 0 Å². The first-order valence-corrected chi connectivity index (χ1v) is 13.2. The van der Waals surface area contributed by atoms with Gasteiger partial charge in [0.05, 0.1) is 17.0 Å². The fourth-order valence-corrected chi connectivity index (χ4v) is 5.41. The summed E-state index contributed by atoms with van der Waals surface area (Å²) >= 11 is 0. The molecule has 1 saturated heterocycles. The molecule has 4 rings (SSSR count). The predicted molar refractivity (Wildman–Crippen MR) is 135 cm³/mol. The number of aromatic nitrogens is 3. The highest BCUT2D eigenvalue weighted by molar-refractivity contribution is 7.90. The summed E-state index contributed by atoms with van der Waals surface area (Å²) < 4.78 is 32.8. The lowest BCUT2D eigenvalue weighted by molar-refractivity contribution is -0.123. The number of carbonyl (C=O) groups excluding carboxylic acids is 2. The molecule has 2 aromatic heterocycles. The molecule has 0 N–H and O–H groups in total. The largest absolute Gasteiger partial charge is 0.444 e. The Bertz CT molecular complexity index is 1390. The number of piperidine rings is 1. The molecule has 2 amide bonds. The van der Waals surface area contributed by atoms with Gasteiger partial charge in [0.2, 0.25) is 5.91 Å². The van der Waals surface area contributed by atoms with Gasteiger partial charge in [-0.3, -0.25) is 9.69 Å². The summed E-state index contributed by atoms with van der Waals surface area (Å²) in [5, 5.41) is 0. The van der Waals surface area contributed by atoms with Gasteiger partial charge in [-0.15, -0.1) is 0 Å². The maximum Gasteiger partial charge on any atom is 0.410 e. The summed E-state index contributed by atoms with van der Waals surface area (Å²) in [4.78, 5) is 37.7. The minimum Gasteiger partial charge on any atom is -0.444 e. The van der Waals surface area contributed by atoms with Gasteiger partial charge in [-0.2, -0.15) is 0 Å². The van der Waals surface area contributed by atoms with Gasteiger partial charge >= 0.3 is 6.09 Å². The van der Waals surface area contributed by atoms with E-state index in [9.17, 15) is 18.0 Å². The summed E-state index contributed by atoms with van der Waals surface area (Å²) in [5.74, 6) is -0.295. The molecule has 0 radical (unpaired) electrons. The summed E-state index contributed by atoms with van der Waals surface area (Å²) in [5.41, 5.74) is 0.866. The third kappa shape index (κ3) is 5.20. The van der Waals surface area contributed by atoms with E-state index in [1.54, 1.807) is 63.1 Å². The molecule has 0 bridgehead atoms. The van der Waals surface area contributed by atoms with Gasteiger partial charge in [0.15, 0.2) is 11.5 Å². The van der Waals surface area contributed by atoms with Gasteiger partial charge in [0.1, 0.15) is 11.1 Å². The van der Waals surface area contributed by atoms with Crippen LogP contribution in [0.4, 0.5) is 10.6 Å². The number of hydrogen-bond acceptors (Lipinski definition) is 7. The van der Waals surface area contributed by atoms with Crippen LogP contribution < -0.4 is 4.90 Å². The second kappa shape index (κ2) is 9.53. The van der Waals surface area contributed by atoms with E-state index in [2.05, 4.69) is 9.97 Å². The van der Waals surface area contributed by atoms with E-state index in [1.807, 2.05) is 6.92 Å². The highest BCUT2D eigenvalue weighted by Gasteiger charge is 2.33. The van der Waals surface area contributed by atoms with Crippen LogP contribution in [0, 0.1) is 12.8 Å². The molecule has 3 aromatic rings. The summed E-state index contributed by atoms with van der Waals surface area (Å²) in [7, 11) is -2.25. The number of aryl methyl sites for hydroxylation is 1. The Morgan fingerprint density at radius 3 is 2.50 bits per heavy atom. The lowest BCUT2D eigenvalue weighted by Crippen LogP contribution is -2.47. The lowest BCUT2D eigenvalue weighted by atomic mass is 9.97. The van der Waals surface area contributed by atoms with Crippen LogP contribution in [0.5, 0.6) is 0 Å². The van der Waals surface area contributed by atoms with E-state index in [4.69, 9.17) is 4.74 Å². The number of hydrogen-bond donors (Lipinski definition) is 0. The van der Waals surface area contributed by atoms with Crippen molar-refractivity contribution in [3.63, 3.8) is 0 Å². The Labute approximate surface area is 210 Å². The zero-order valence-corrected chi connectivity index (χ0v) is 21.9. The van der Waals surface area contributed by atoms with Crippen LogP contribution in [0.3, 0.4) is 0 Å². The van der Waals surface area contributed by atoms with Crippen molar-refractivity contribution in [2.45, 2.75) is 51.0 Å². The van der Waals surface area contributed by atoms with Crippen molar-refractivity contribution in [2.24, 2.45) is 5.92 Å². The molecular weight excluding hydrogens is 482 g/mol. The molecular formula is C25H31N5O5S. The summed E-state index contributed by atoms with van der Waals surface area (Å²) in [6.07, 6.45) is 3.69. The number of carbonyl (C=O) groups is 2. The Kier molecular flexibility index (Phi) is 6.78. The first-order chi connectivity index (χ1) is 16.9. The second-order valence-corrected chi connectivity index (χ2v) is 11.8. The van der Waals surface area contributed by atoms with Gasteiger partial charge in [-0.05, 0) is 58.7 Å². The Balaban J connectivity index is 1.53. The minimum absolute atomic E-state index is 0.149. The molecule has 3 heterocycles. The van der Waals surface area contributed by atoms with Gasteiger partial charge in [-0.1, -0.05) is 17.7 Å². The van der Waals surface area contributed by atoms with E-state index in [0.29, 0.717) is 30.7 Å². The maximum absolute atomic E-state index is 13.2. The fourth-order valence-electron chi connectivity index (χ4n) is 4.11. The van der Waals surface area contributed by atoms with Gasteiger partial charge in [0.25, 0.3) is 10.0 Å². The van der Waals surface area contributed by atoms with Crippen molar-refractivity contribution >= 4 is 39.0 Å². The number of fused-ring (bicyclic) bond motifs is 1. The first kappa shape index (κ1) is 25.6. The van der Waals surface area contributed by atoms with E-state index in [-0.39, 0.29) is 23.0 Å². The van der Waals surface area contributed by atoms with Crippen LogP contribution in [0.25, 0.3) is 11.2 Å². The molecule has 10 nitrogen and oxygen atoms in total. The zero-order chi connectivity index (χ0) is 26.3. The highest BCUT2D eigenvalue weighted by Crippen LogP contribution is 2.25. The van der Waals surface area contributed by atoms with Gasteiger partial charge in [-0.25, -0.2) is 27.2 Å². The van der Waals surface area contributed by atoms with Crippen molar-refractivity contribution in [1.29, 1.82) is 0 Å².